The first-order valence-corrected chi connectivity index (χ1v) is 7.62. The monoisotopic (exact) mass is 290 g/mol. The number of carbonyl (C=O) groups excluding carboxylic acids is 1. The Bertz CT molecular complexity index is 494. The van der Waals surface area contributed by atoms with E-state index in [9.17, 15) is 9.90 Å². The number of hydrogen-bond acceptors (Lipinski definition) is 3. The van der Waals surface area contributed by atoms with Gasteiger partial charge < -0.3 is 10.4 Å². The zero-order chi connectivity index (χ0) is 15.5. The van der Waals surface area contributed by atoms with Crippen LogP contribution < -0.4 is 5.32 Å². The van der Waals surface area contributed by atoms with Crippen LogP contribution in [0.5, 0.6) is 0 Å². The molecule has 1 aromatic rings. The van der Waals surface area contributed by atoms with E-state index in [2.05, 4.69) is 22.3 Å². The van der Waals surface area contributed by atoms with E-state index in [0.717, 1.165) is 31.6 Å². The van der Waals surface area contributed by atoms with Crippen molar-refractivity contribution in [3.8, 4) is 0 Å². The minimum Gasteiger partial charge on any atom is -0.392 e. The molecular weight excluding hydrogens is 264 g/mol. The van der Waals surface area contributed by atoms with E-state index >= 15 is 0 Å². The fourth-order valence-corrected chi connectivity index (χ4v) is 2.52. The quantitative estimate of drug-likeness (QED) is 0.891. The molecule has 2 rings (SSSR count). The molecule has 0 spiro atoms. The molecule has 1 atom stereocenters. The van der Waals surface area contributed by atoms with Crippen LogP contribution in [0.25, 0.3) is 0 Å². The molecule has 0 radical (unpaired) electrons. The highest BCUT2D eigenvalue weighted by molar-refractivity contribution is 5.81. The van der Waals surface area contributed by atoms with Gasteiger partial charge in [0.1, 0.15) is 0 Å². The molecule has 2 N–H and O–H groups in total. The molecule has 4 nitrogen and oxygen atoms in total. The molecule has 0 saturated carbocycles. The fourth-order valence-electron chi connectivity index (χ4n) is 2.52. The van der Waals surface area contributed by atoms with Crippen molar-refractivity contribution in [1.82, 2.24) is 10.2 Å². The predicted octanol–water partition coefficient (Wildman–Crippen LogP) is 1.92. The molecule has 0 aliphatic carbocycles. The third-order valence-electron chi connectivity index (χ3n) is 3.88. The van der Waals surface area contributed by atoms with Gasteiger partial charge in [0.05, 0.1) is 6.10 Å². The molecule has 1 aliphatic rings. The van der Waals surface area contributed by atoms with E-state index in [-0.39, 0.29) is 17.4 Å². The average Bonchev–Trinajstić information content (AvgIpc) is 2.81. The molecule has 1 aromatic carbocycles. The number of amides is 1. The maximum atomic E-state index is 12.0. The Kier molecular flexibility index (Phi) is 5.01. The predicted molar refractivity (Wildman–Crippen MR) is 83.6 cm³/mol. The first-order valence-electron chi connectivity index (χ1n) is 7.62. The van der Waals surface area contributed by atoms with Gasteiger partial charge in [-0.05, 0) is 17.5 Å². The van der Waals surface area contributed by atoms with Crippen molar-refractivity contribution < 1.29 is 9.90 Å². The molecule has 116 valence electrons. The van der Waals surface area contributed by atoms with Gasteiger partial charge in [0.2, 0.25) is 5.91 Å². The summed E-state index contributed by atoms with van der Waals surface area (Å²) in [4.78, 5) is 14.2. The van der Waals surface area contributed by atoms with Crippen molar-refractivity contribution in [3.05, 3.63) is 35.4 Å². The molecule has 4 heteroatoms. The van der Waals surface area contributed by atoms with Crippen LogP contribution in [0.1, 0.15) is 38.3 Å². The Hall–Kier alpha value is -1.39. The summed E-state index contributed by atoms with van der Waals surface area (Å²) in [6.07, 6.45) is 0.654. The topological polar surface area (TPSA) is 52.6 Å². The maximum absolute atomic E-state index is 12.0. The molecule has 1 aliphatic heterocycles. The summed E-state index contributed by atoms with van der Waals surface area (Å²) in [7, 11) is 0. The van der Waals surface area contributed by atoms with Crippen LogP contribution >= 0.6 is 0 Å². The molecule has 1 fully saturated rings. The number of carbonyl (C=O) groups is 1. The molecule has 1 amide bonds. The second-order valence-corrected chi connectivity index (χ2v) is 6.88. The number of nitrogens with zero attached hydrogens (tertiary/aromatic N) is 1. The summed E-state index contributed by atoms with van der Waals surface area (Å²) in [6, 6.07) is 8.19. The number of rotatable bonds is 4. The average molecular weight is 290 g/mol. The van der Waals surface area contributed by atoms with E-state index in [1.807, 2.05) is 32.9 Å². The lowest BCUT2D eigenvalue weighted by molar-refractivity contribution is -0.128. The zero-order valence-corrected chi connectivity index (χ0v) is 13.2. The van der Waals surface area contributed by atoms with Crippen LogP contribution in [0, 0.1) is 5.41 Å². The van der Waals surface area contributed by atoms with Crippen molar-refractivity contribution in [3.63, 3.8) is 0 Å². The normalized spacial score (nSPS) is 19.7. The van der Waals surface area contributed by atoms with E-state index in [1.165, 1.54) is 5.56 Å². The van der Waals surface area contributed by atoms with Gasteiger partial charge in [-0.25, -0.2) is 0 Å². The van der Waals surface area contributed by atoms with E-state index in [4.69, 9.17) is 0 Å². The highest BCUT2D eigenvalue weighted by atomic mass is 16.3. The van der Waals surface area contributed by atoms with E-state index < -0.39 is 0 Å². The minimum absolute atomic E-state index is 0.0638. The summed E-state index contributed by atoms with van der Waals surface area (Å²) in [5.41, 5.74) is 2.01. The van der Waals surface area contributed by atoms with Crippen molar-refractivity contribution in [2.75, 3.05) is 13.1 Å². The van der Waals surface area contributed by atoms with Crippen LogP contribution in [0.4, 0.5) is 0 Å². The SMILES string of the molecule is CC(C)(C)C(=O)NCc1ccccc1CN1CCC(O)C1. The Morgan fingerprint density at radius 2 is 2.00 bits per heavy atom. The van der Waals surface area contributed by atoms with Crippen LogP contribution in [-0.2, 0) is 17.9 Å². The number of benzene rings is 1. The van der Waals surface area contributed by atoms with Gasteiger partial charge in [-0.15, -0.1) is 0 Å². The number of aliphatic hydroxyl groups is 1. The van der Waals surface area contributed by atoms with Crippen molar-refractivity contribution >= 4 is 5.91 Å². The summed E-state index contributed by atoms with van der Waals surface area (Å²) < 4.78 is 0. The standard InChI is InChI=1S/C17H26N2O2/c1-17(2,3)16(21)18-10-13-6-4-5-7-14(13)11-19-9-8-15(20)12-19/h4-7,15,20H,8-12H2,1-3H3,(H,18,21). The molecule has 1 heterocycles. The van der Waals surface area contributed by atoms with Crippen LogP contribution in [0.2, 0.25) is 0 Å². The number of β-amino-alcohol motifs (C(OH)–C–C–N with tert-alkyl or cyclic N) is 1. The first-order chi connectivity index (χ1) is 9.86. The van der Waals surface area contributed by atoms with Gasteiger partial charge in [-0.3, -0.25) is 9.69 Å². The lowest BCUT2D eigenvalue weighted by atomic mass is 9.95. The lowest BCUT2D eigenvalue weighted by Gasteiger charge is -2.20. The first kappa shape index (κ1) is 16.0. The maximum Gasteiger partial charge on any atom is 0.225 e. The van der Waals surface area contributed by atoms with Crippen molar-refractivity contribution in [2.45, 2.75) is 46.4 Å². The highest BCUT2D eigenvalue weighted by Crippen LogP contribution is 2.17. The summed E-state index contributed by atoms with van der Waals surface area (Å²) >= 11 is 0. The van der Waals surface area contributed by atoms with Crippen LogP contribution in [0.15, 0.2) is 24.3 Å². The summed E-state index contributed by atoms with van der Waals surface area (Å²) in [5.74, 6) is 0.0638. The van der Waals surface area contributed by atoms with Gasteiger partial charge in [0.25, 0.3) is 0 Å². The number of likely N-dealkylation sites (tertiary alicyclic amines) is 1. The number of hydrogen-bond donors (Lipinski definition) is 2. The van der Waals surface area contributed by atoms with Gasteiger partial charge >= 0.3 is 0 Å². The van der Waals surface area contributed by atoms with Crippen molar-refractivity contribution in [1.29, 1.82) is 0 Å². The molecule has 0 bridgehead atoms. The highest BCUT2D eigenvalue weighted by Gasteiger charge is 2.22. The molecule has 1 unspecified atom stereocenters. The Morgan fingerprint density at radius 1 is 1.33 bits per heavy atom. The van der Waals surface area contributed by atoms with Crippen LogP contribution in [0.3, 0.4) is 0 Å². The fraction of sp³-hybridized carbons (Fsp3) is 0.588. The Labute approximate surface area is 127 Å². The third kappa shape index (κ3) is 4.55. The van der Waals surface area contributed by atoms with E-state index in [0.29, 0.717) is 6.54 Å². The smallest absolute Gasteiger partial charge is 0.225 e. The van der Waals surface area contributed by atoms with Gasteiger partial charge in [0, 0.05) is 31.6 Å². The van der Waals surface area contributed by atoms with Gasteiger partial charge in [-0.1, -0.05) is 45.0 Å². The summed E-state index contributed by atoms with van der Waals surface area (Å²) in [6.45, 7) is 8.81. The second kappa shape index (κ2) is 6.58. The third-order valence-corrected chi connectivity index (χ3v) is 3.88. The van der Waals surface area contributed by atoms with Crippen molar-refractivity contribution in [2.24, 2.45) is 5.41 Å². The number of nitrogens with one attached hydrogen (secondary N) is 1. The van der Waals surface area contributed by atoms with Crippen LogP contribution in [-0.4, -0.2) is 35.1 Å². The van der Waals surface area contributed by atoms with Gasteiger partial charge in [0.15, 0.2) is 0 Å². The number of aliphatic hydroxyl groups excluding tert-OH is 1. The largest absolute Gasteiger partial charge is 0.392 e. The summed E-state index contributed by atoms with van der Waals surface area (Å²) in [5, 5.41) is 12.6. The molecule has 1 saturated heterocycles. The second-order valence-electron chi connectivity index (χ2n) is 6.88. The lowest BCUT2D eigenvalue weighted by Crippen LogP contribution is -2.34. The molecular formula is C17H26N2O2. The molecule has 0 aromatic heterocycles. The Balaban J connectivity index is 1.98. The van der Waals surface area contributed by atoms with E-state index in [1.54, 1.807) is 0 Å². The van der Waals surface area contributed by atoms with Gasteiger partial charge in [-0.2, -0.15) is 0 Å². The molecule has 21 heavy (non-hydrogen) atoms. The zero-order valence-electron chi connectivity index (χ0n) is 13.2. The Morgan fingerprint density at radius 3 is 2.57 bits per heavy atom. The minimum atomic E-state index is -0.367.